The van der Waals surface area contributed by atoms with Gasteiger partial charge in [-0.15, -0.1) is 0 Å². The molecule has 0 aromatic heterocycles. The lowest BCUT2D eigenvalue weighted by Gasteiger charge is -2.64. The fourth-order valence-corrected chi connectivity index (χ4v) is 7.48. The maximum Gasteiger partial charge on any atom is 0.338 e. The lowest BCUT2D eigenvalue weighted by atomic mass is 9.46. The van der Waals surface area contributed by atoms with Crippen LogP contribution in [0.2, 0.25) is 0 Å². The first-order valence-corrected chi connectivity index (χ1v) is 13.0. The lowest BCUT2D eigenvalue weighted by molar-refractivity contribution is -0.274. The monoisotopic (exact) mass is 512 g/mol. The van der Waals surface area contributed by atoms with E-state index in [1.807, 2.05) is 20.8 Å². The molecule has 8 nitrogen and oxygen atoms in total. The number of esters is 2. The first-order chi connectivity index (χ1) is 17.3. The molecule has 0 amide bonds. The summed E-state index contributed by atoms with van der Waals surface area (Å²) in [5, 5.41) is 24.1. The number of ether oxygens (including phenoxy) is 3. The summed E-state index contributed by atoms with van der Waals surface area (Å²) in [6.07, 6.45) is -2.89. The van der Waals surface area contributed by atoms with Crippen LogP contribution in [0.15, 0.2) is 41.5 Å². The molecule has 0 radical (unpaired) electrons. The fraction of sp³-hybridized carbons (Fsp3) is 0.621. The Kier molecular flexibility index (Phi) is 6.17. The van der Waals surface area contributed by atoms with E-state index in [-0.39, 0.29) is 24.9 Å². The van der Waals surface area contributed by atoms with E-state index >= 15 is 0 Å². The molecule has 1 aromatic rings. The Bertz CT molecular complexity index is 1160. The molecular weight excluding hydrogens is 476 g/mol. The van der Waals surface area contributed by atoms with Crippen molar-refractivity contribution in [2.75, 3.05) is 6.61 Å². The van der Waals surface area contributed by atoms with Gasteiger partial charge >= 0.3 is 11.9 Å². The molecule has 8 heteroatoms. The van der Waals surface area contributed by atoms with Crippen molar-refractivity contribution in [3.8, 4) is 0 Å². The first kappa shape index (κ1) is 26.1. The molecule has 4 aliphatic rings. The molecule has 2 N–H and O–H groups in total. The molecule has 2 saturated carbocycles. The molecule has 3 aliphatic carbocycles. The summed E-state index contributed by atoms with van der Waals surface area (Å²) in [5.74, 6) is -2.63. The van der Waals surface area contributed by atoms with Gasteiger partial charge in [-0.25, -0.2) is 4.79 Å². The van der Waals surface area contributed by atoms with Crippen LogP contribution in [0.25, 0.3) is 0 Å². The highest BCUT2D eigenvalue weighted by molar-refractivity contribution is 5.95. The van der Waals surface area contributed by atoms with E-state index in [0.717, 1.165) is 5.57 Å². The minimum Gasteiger partial charge on any atom is -0.455 e. The maximum absolute atomic E-state index is 14.5. The molecule has 37 heavy (non-hydrogen) atoms. The Labute approximate surface area is 217 Å². The van der Waals surface area contributed by atoms with Gasteiger partial charge in [-0.1, -0.05) is 37.6 Å². The lowest BCUT2D eigenvalue weighted by Crippen LogP contribution is -2.74. The second-order valence-electron chi connectivity index (χ2n) is 11.9. The summed E-state index contributed by atoms with van der Waals surface area (Å²) in [6.45, 7) is 8.73. The van der Waals surface area contributed by atoms with Crippen LogP contribution in [0.3, 0.4) is 0 Å². The summed E-state index contributed by atoms with van der Waals surface area (Å²) >= 11 is 0. The number of benzene rings is 1. The Hall–Kier alpha value is -2.55. The van der Waals surface area contributed by atoms with Gasteiger partial charge in [0.15, 0.2) is 11.9 Å². The molecule has 200 valence electrons. The van der Waals surface area contributed by atoms with Crippen molar-refractivity contribution in [2.24, 2.45) is 22.7 Å². The Morgan fingerprint density at radius 2 is 1.78 bits per heavy atom. The zero-order chi connectivity index (χ0) is 26.9. The summed E-state index contributed by atoms with van der Waals surface area (Å²) in [4.78, 5) is 40.2. The molecule has 1 unspecified atom stereocenters. The van der Waals surface area contributed by atoms with E-state index in [9.17, 15) is 24.6 Å². The molecule has 1 saturated heterocycles. The number of Topliss-reactive ketones (excluding diaryl/α,β-unsaturated/α-hetero) is 1. The molecule has 1 aliphatic heterocycles. The fourth-order valence-electron chi connectivity index (χ4n) is 7.48. The van der Waals surface area contributed by atoms with Crippen LogP contribution in [0.1, 0.15) is 64.2 Å². The van der Waals surface area contributed by atoms with E-state index in [2.05, 4.69) is 0 Å². The number of aliphatic hydroxyl groups excluding tert-OH is 1. The molecule has 2 bridgehead atoms. The molecule has 3 fully saturated rings. The Morgan fingerprint density at radius 1 is 1.11 bits per heavy atom. The number of fused-ring (bicyclic) bond motifs is 5. The van der Waals surface area contributed by atoms with Gasteiger partial charge in [-0.2, -0.15) is 0 Å². The zero-order valence-corrected chi connectivity index (χ0v) is 22.0. The average molecular weight is 513 g/mol. The normalized spacial score (nSPS) is 40.4. The standard InChI is InChI=1S/C29H36O8/c1-15-11-12-29(34)25(37-26(33)17-9-7-6-8-10-17)22-18-14-35-19(18)13-20(31)28(22,5)24(32)23(36-16(2)30)21(15)27(29,3)4/h6-10,18-20,22-23,25,31,34H,11-14H2,1-5H3/t18-,19-,20+,22?,23-,25+,28-,29-/m1/s1. The number of aliphatic hydroxyl groups is 2. The molecular formula is C29H36O8. The van der Waals surface area contributed by atoms with Gasteiger partial charge in [0.2, 0.25) is 0 Å². The van der Waals surface area contributed by atoms with Crippen LogP contribution in [-0.2, 0) is 23.8 Å². The third kappa shape index (κ3) is 3.63. The van der Waals surface area contributed by atoms with Crippen molar-refractivity contribution in [1.82, 2.24) is 0 Å². The summed E-state index contributed by atoms with van der Waals surface area (Å²) in [7, 11) is 0. The molecule has 0 spiro atoms. The van der Waals surface area contributed by atoms with Gasteiger partial charge in [-0.3, -0.25) is 9.59 Å². The first-order valence-electron chi connectivity index (χ1n) is 13.0. The minimum absolute atomic E-state index is 0.225. The van der Waals surface area contributed by atoms with Crippen LogP contribution >= 0.6 is 0 Å². The van der Waals surface area contributed by atoms with E-state index in [1.165, 1.54) is 6.92 Å². The number of hydrogen-bond donors (Lipinski definition) is 2. The molecule has 5 rings (SSSR count). The number of hydrogen-bond acceptors (Lipinski definition) is 8. The van der Waals surface area contributed by atoms with E-state index in [4.69, 9.17) is 14.2 Å². The van der Waals surface area contributed by atoms with Crippen molar-refractivity contribution in [2.45, 2.75) is 83.9 Å². The maximum atomic E-state index is 14.5. The van der Waals surface area contributed by atoms with Crippen LogP contribution in [0.4, 0.5) is 0 Å². The highest BCUT2D eigenvalue weighted by atomic mass is 16.6. The van der Waals surface area contributed by atoms with Gasteiger partial charge in [-0.05, 0) is 44.4 Å². The quantitative estimate of drug-likeness (QED) is 0.469. The largest absolute Gasteiger partial charge is 0.455 e. The van der Waals surface area contributed by atoms with Gasteiger partial charge in [0, 0.05) is 30.6 Å². The number of allylic oxidation sites excluding steroid dienone is 1. The van der Waals surface area contributed by atoms with Crippen molar-refractivity contribution in [1.29, 1.82) is 0 Å². The second kappa shape index (κ2) is 8.75. The smallest absolute Gasteiger partial charge is 0.338 e. The SMILES string of the molecule is CC(=O)O[C@H]1C(=O)[C@@]2(C)C([C@@H]3CO[C@@H]3C[C@@H]2O)[C@H](OC(=O)c2ccccc2)[C@]2(O)CCC(C)=C1C2(C)C. The van der Waals surface area contributed by atoms with Gasteiger partial charge in [0.05, 0.1) is 29.8 Å². The second-order valence-corrected chi connectivity index (χ2v) is 11.9. The average Bonchev–Trinajstić information content (AvgIpc) is 2.83. The topological polar surface area (TPSA) is 119 Å². The third-order valence-corrected chi connectivity index (χ3v) is 9.73. The highest BCUT2D eigenvalue weighted by Crippen LogP contribution is 2.62. The Morgan fingerprint density at radius 3 is 2.38 bits per heavy atom. The van der Waals surface area contributed by atoms with Crippen molar-refractivity contribution >= 4 is 17.7 Å². The highest BCUT2D eigenvalue weighted by Gasteiger charge is 2.71. The molecule has 1 aromatic carbocycles. The van der Waals surface area contributed by atoms with E-state index in [0.29, 0.717) is 24.2 Å². The van der Waals surface area contributed by atoms with Crippen LogP contribution in [0.5, 0.6) is 0 Å². The van der Waals surface area contributed by atoms with E-state index < -0.39 is 58.4 Å². The summed E-state index contributed by atoms with van der Waals surface area (Å²) < 4.78 is 17.7. The van der Waals surface area contributed by atoms with Crippen LogP contribution in [0, 0.1) is 22.7 Å². The summed E-state index contributed by atoms with van der Waals surface area (Å²) in [6, 6.07) is 8.54. The van der Waals surface area contributed by atoms with Gasteiger partial charge in [0.1, 0.15) is 11.7 Å². The zero-order valence-electron chi connectivity index (χ0n) is 22.0. The predicted octanol–water partition coefficient (Wildman–Crippen LogP) is 3.00. The number of ketones is 1. The van der Waals surface area contributed by atoms with Crippen molar-refractivity contribution in [3.05, 3.63) is 47.0 Å². The molecule has 1 heterocycles. The Balaban J connectivity index is 1.74. The predicted molar refractivity (Wildman–Crippen MR) is 132 cm³/mol. The number of rotatable bonds is 3. The van der Waals surface area contributed by atoms with Crippen molar-refractivity contribution in [3.63, 3.8) is 0 Å². The number of carbonyl (C=O) groups excluding carboxylic acids is 3. The van der Waals surface area contributed by atoms with Gasteiger partial charge < -0.3 is 24.4 Å². The van der Waals surface area contributed by atoms with E-state index in [1.54, 1.807) is 37.3 Å². The van der Waals surface area contributed by atoms with Crippen molar-refractivity contribution < 1.29 is 38.8 Å². The minimum atomic E-state index is -1.60. The van der Waals surface area contributed by atoms with Crippen LogP contribution < -0.4 is 0 Å². The third-order valence-electron chi connectivity index (χ3n) is 9.73. The van der Waals surface area contributed by atoms with Gasteiger partial charge in [0.25, 0.3) is 0 Å². The number of carbonyl (C=O) groups is 3. The molecule has 8 atom stereocenters. The summed E-state index contributed by atoms with van der Waals surface area (Å²) in [5.41, 5.74) is -2.46. The van der Waals surface area contributed by atoms with Crippen LogP contribution in [-0.4, -0.2) is 64.6 Å².